The van der Waals surface area contributed by atoms with Crippen LogP contribution < -0.4 is 5.19 Å². The van der Waals surface area contributed by atoms with Crippen molar-refractivity contribution in [3.8, 4) is 22.5 Å². The van der Waals surface area contributed by atoms with Gasteiger partial charge in [-0.3, -0.25) is 4.98 Å². The molecule has 0 aliphatic heterocycles. The summed E-state index contributed by atoms with van der Waals surface area (Å²) in [7, 11) is -1.43. The van der Waals surface area contributed by atoms with E-state index in [9.17, 15) is 0 Å². The van der Waals surface area contributed by atoms with Crippen LogP contribution in [0.4, 0.5) is 0 Å². The molecule has 0 spiro atoms. The van der Waals surface area contributed by atoms with Crippen LogP contribution in [-0.4, -0.2) is 23.0 Å². The number of pyridine rings is 3. The van der Waals surface area contributed by atoms with Crippen LogP contribution >= 0.6 is 0 Å². The normalized spacial score (nSPS) is 11.7. The predicted octanol–water partition coefficient (Wildman–Crippen LogP) is 11.2. The molecule has 51 heavy (non-hydrogen) atoms. The molecule has 4 aromatic heterocycles. The molecule has 0 aliphatic rings. The molecule has 6 heteroatoms. The summed E-state index contributed by atoms with van der Waals surface area (Å²) in [4.78, 5) is 13.8. The Balaban J connectivity index is 0.000000196. The number of aromatic nitrogens is 3. The Morgan fingerprint density at radius 3 is 2.14 bits per heavy atom. The second-order valence-corrected chi connectivity index (χ2v) is 20.7. The third-order valence-corrected chi connectivity index (χ3v) is 10.8. The van der Waals surface area contributed by atoms with Crippen LogP contribution in [0.5, 0.6) is 0 Å². The van der Waals surface area contributed by atoms with Gasteiger partial charge in [0.05, 0.1) is 19.9 Å². The first kappa shape index (κ1) is 38.0. The van der Waals surface area contributed by atoms with Crippen LogP contribution in [0.25, 0.3) is 44.5 Å². The topological polar surface area (TPSA) is 51.8 Å². The van der Waals surface area contributed by atoms with E-state index in [-0.39, 0.29) is 25.5 Å². The van der Waals surface area contributed by atoms with E-state index in [4.69, 9.17) is 9.40 Å². The molecule has 7 aromatic rings. The summed E-state index contributed by atoms with van der Waals surface area (Å²) in [5.41, 5.74) is 11.0. The third kappa shape index (κ3) is 9.56. The van der Waals surface area contributed by atoms with Crippen molar-refractivity contribution in [2.75, 3.05) is 0 Å². The van der Waals surface area contributed by atoms with Gasteiger partial charge in [0.1, 0.15) is 5.58 Å². The van der Waals surface area contributed by atoms with Gasteiger partial charge in [0.25, 0.3) is 0 Å². The standard InChI is InChI=1S/C24H25N2O.C21H22NSi.Ir/c1-15(2)20-12-19-18-11-17(6-7-22(18)27-23(19)14-26-20)21-10-16(8-9-25-21)13-24(3,4)5;1-23(2,3)21-16-22-20(18-12-8-5-9-13-18)15-19(21)14-17-10-6-4-7-11-17;/h7-12,14-15H,13H2,1-5H3;4-12,15-16H,14H2,1-3H3;/q2*-1;. The van der Waals surface area contributed by atoms with E-state index in [1.165, 1.54) is 21.9 Å². The summed E-state index contributed by atoms with van der Waals surface area (Å²) in [5, 5.41) is 3.64. The Hall–Kier alpha value is -4.22. The fraction of sp³-hybridized carbons (Fsp3) is 0.267. The molecular formula is C45H47IrN3OSi-2. The van der Waals surface area contributed by atoms with Crippen molar-refractivity contribution in [1.29, 1.82) is 0 Å². The largest absolute Gasteiger partial charge is 0.499 e. The van der Waals surface area contributed by atoms with E-state index < -0.39 is 8.07 Å². The number of nitrogens with zero attached hydrogens (tertiary/aromatic N) is 3. The van der Waals surface area contributed by atoms with Gasteiger partial charge in [-0.25, -0.2) is 0 Å². The summed E-state index contributed by atoms with van der Waals surface area (Å²) in [5.74, 6) is 0.379. The zero-order chi connectivity index (χ0) is 35.5. The fourth-order valence-electron chi connectivity index (χ4n) is 6.28. The maximum atomic E-state index is 5.95. The Morgan fingerprint density at radius 2 is 1.45 bits per heavy atom. The second kappa shape index (κ2) is 16.0. The van der Waals surface area contributed by atoms with Crippen LogP contribution in [0, 0.1) is 17.5 Å². The molecule has 0 saturated carbocycles. The van der Waals surface area contributed by atoms with E-state index in [0.717, 1.165) is 63.0 Å². The zero-order valence-electron chi connectivity index (χ0n) is 31.0. The molecule has 7 rings (SSSR count). The number of furan rings is 1. The first-order valence-electron chi connectivity index (χ1n) is 17.5. The average Bonchev–Trinajstić information content (AvgIpc) is 3.45. The van der Waals surface area contributed by atoms with Crippen LogP contribution in [0.1, 0.15) is 62.9 Å². The summed E-state index contributed by atoms with van der Waals surface area (Å²) in [6.07, 6.45) is 7.79. The fourth-order valence-corrected chi connectivity index (χ4v) is 7.86. The molecule has 0 amide bonds. The third-order valence-electron chi connectivity index (χ3n) is 8.76. The minimum absolute atomic E-state index is 0. The quantitative estimate of drug-likeness (QED) is 0.118. The first-order chi connectivity index (χ1) is 23.8. The summed E-state index contributed by atoms with van der Waals surface area (Å²) in [6.45, 7) is 18.2. The molecule has 263 valence electrons. The maximum Gasteiger partial charge on any atom is 0.139 e. The van der Waals surface area contributed by atoms with E-state index in [1.54, 1.807) is 0 Å². The molecule has 0 aliphatic carbocycles. The van der Waals surface area contributed by atoms with Crippen LogP contribution in [0.2, 0.25) is 19.6 Å². The van der Waals surface area contributed by atoms with Crippen molar-refractivity contribution in [1.82, 2.24) is 15.0 Å². The number of hydrogen-bond donors (Lipinski definition) is 0. The molecule has 1 radical (unpaired) electrons. The zero-order valence-corrected chi connectivity index (χ0v) is 34.4. The molecule has 0 unspecified atom stereocenters. The van der Waals surface area contributed by atoms with Gasteiger partial charge in [0.2, 0.25) is 0 Å². The Bertz CT molecular complexity index is 2220. The van der Waals surface area contributed by atoms with Crippen molar-refractivity contribution in [2.45, 2.75) is 73.0 Å². The molecule has 4 nitrogen and oxygen atoms in total. The number of rotatable bonds is 7. The van der Waals surface area contributed by atoms with E-state index in [0.29, 0.717) is 5.92 Å². The number of fused-ring (bicyclic) bond motifs is 3. The smallest absolute Gasteiger partial charge is 0.139 e. The molecule has 0 fully saturated rings. The minimum atomic E-state index is -1.43. The summed E-state index contributed by atoms with van der Waals surface area (Å²) >= 11 is 0. The van der Waals surface area contributed by atoms with E-state index in [1.807, 2.05) is 36.7 Å². The number of hydrogen-bond acceptors (Lipinski definition) is 4. The Morgan fingerprint density at radius 1 is 0.725 bits per heavy atom. The maximum absolute atomic E-state index is 5.95. The van der Waals surface area contributed by atoms with Gasteiger partial charge >= 0.3 is 0 Å². The summed E-state index contributed by atoms with van der Waals surface area (Å²) < 4.78 is 5.95. The van der Waals surface area contributed by atoms with Gasteiger partial charge in [-0.15, -0.1) is 59.7 Å². The van der Waals surface area contributed by atoms with Gasteiger partial charge in [-0.2, -0.15) is 0 Å². The molecule has 0 bridgehead atoms. The van der Waals surface area contributed by atoms with Gasteiger partial charge in [0, 0.05) is 43.6 Å². The van der Waals surface area contributed by atoms with Crippen LogP contribution in [0.15, 0.2) is 114 Å². The van der Waals surface area contributed by atoms with Gasteiger partial charge < -0.3 is 14.4 Å². The van der Waals surface area contributed by atoms with Crippen molar-refractivity contribution in [3.63, 3.8) is 0 Å². The van der Waals surface area contributed by atoms with E-state index in [2.05, 4.69) is 149 Å². The SMILES string of the molecule is CC(C)c1cc2c(cn1)oc1c[c-]c(-c3cc(CC(C)(C)C)ccn3)cc12.C[Si](C)(C)c1cnc(-c2[c-]cccc2)cc1Cc1ccccc1.[Ir]. The Labute approximate surface area is 318 Å². The molecule has 0 saturated heterocycles. The molecule has 0 N–H and O–H groups in total. The monoisotopic (exact) mass is 866 g/mol. The Kier molecular flexibility index (Phi) is 11.9. The van der Waals surface area contributed by atoms with Gasteiger partial charge in [-0.05, 0) is 58.4 Å². The predicted molar refractivity (Wildman–Crippen MR) is 212 cm³/mol. The first-order valence-corrected chi connectivity index (χ1v) is 21.0. The molecular weight excluding hydrogens is 819 g/mol. The molecule has 4 heterocycles. The number of benzene rings is 3. The van der Waals surface area contributed by atoms with Crippen molar-refractivity contribution < 1.29 is 24.5 Å². The molecule has 0 atom stereocenters. The average molecular weight is 866 g/mol. The van der Waals surface area contributed by atoms with E-state index >= 15 is 0 Å². The van der Waals surface area contributed by atoms with Gasteiger partial charge in [0.15, 0.2) is 0 Å². The van der Waals surface area contributed by atoms with Crippen LogP contribution in [0.3, 0.4) is 0 Å². The van der Waals surface area contributed by atoms with Crippen LogP contribution in [-0.2, 0) is 32.9 Å². The van der Waals surface area contributed by atoms with Crippen molar-refractivity contribution in [2.24, 2.45) is 5.41 Å². The second-order valence-electron chi connectivity index (χ2n) is 15.7. The summed E-state index contributed by atoms with van der Waals surface area (Å²) in [6, 6.07) is 38.1. The minimum Gasteiger partial charge on any atom is -0.499 e. The van der Waals surface area contributed by atoms with Crippen molar-refractivity contribution in [3.05, 3.63) is 144 Å². The van der Waals surface area contributed by atoms with Crippen molar-refractivity contribution >= 4 is 35.2 Å². The molecule has 3 aromatic carbocycles. The van der Waals surface area contributed by atoms with Gasteiger partial charge in [-0.1, -0.05) is 113 Å².